The van der Waals surface area contributed by atoms with Gasteiger partial charge in [0.05, 0.1) is 17.1 Å². The molecule has 5 nitrogen and oxygen atoms in total. The second-order valence-corrected chi connectivity index (χ2v) is 7.73. The number of fused-ring (bicyclic) bond motifs is 1. The minimum atomic E-state index is 0.0422. The van der Waals surface area contributed by atoms with E-state index in [9.17, 15) is 4.79 Å². The summed E-state index contributed by atoms with van der Waals surface area (Å²) in [5.74, 6) is 1.17. The molecule has 0 unspecified atom stereocenters. The Hall–Kier alpha value is -1.69. The first-order valence-corrected chi connectivity index (χ1v) is 8.54. The van der Waals surface area contributed by atoms with Crippen molar-refractivity contribution in [3.8, 4) is 0 Å². The molecule has 2 aromatic rings. The number of amides is 1. The second kappa shape index (κ2) is 5.83. The number of thiazole rings is 1. The Balaban J connectivity index is 1.56. The fourth-order valence-corrected chi connectivity index (χ4v) is 3.57. The number of hydrogen-bond acceptors (Lipinski definition) is 4. The minimum Gasteiger partial charge on any atom is -0.351 e. The van der Waals surface area contributed by atoms with E-state index < -0.39 is 0 Å². The highest BCUT2D eigenvalue weighted by molar-refractivity contribution is 7.09. The maximum Gasteiger partial charge on any atom is 0.226 e. The van der Waals surface area contributed by atoms with E-state index in [1.54, 1.807) is 11.3 Å². The molecule has 0 radical (unpaired) electrons. The van der Waals surface area contributed by atoms with Gasteiger partial charge < -0.3 is 9.88 Å². The Morgan fingerprint density at radius 3 is 3.05 bits per heavy atom. The van der Waals surface area contributed by atoms with Gasteiger partial charge in [-0.05, 0) is 6.42 Å². The average Bonchev–Trinajstić information content (AvgIpc) is 3.05. The van der Waals surface area contributed by atoms with Crippen molar-refractivity contribution in [1.29, 1.82) is 0 Å². The molecule has 3 rings (SSSR count). The molecule has 0 fully saturated rings. The molecule has 1 aliphatic heterocycles. The van der Waals surface area contributed by atoms with Crippen LogP contribution in [0.1, 0.15) is 43.7 Å². The molecule has 0 aliphatic carbocycles. The van der Waals surface area contributed by atoms with E-state index in [0.29, 0.717) is 6.42 Å². The van der Waals surface area contributed by atoms with E-state index in [2.05, 4.69) is 40.6 Å². The first-order valence-electron chi connectivity index (χ1n) is 7.66. The molecule has 1 N–H and O–H groups in total. The number of carbonyl (C=O) groups excluding carboxylic acids is 1. The minimum absolute atomic E-state index is 0.0422. The van der Waals surface area contributed by atoms with Crippen LogP contribution in [0.2, 0.25) is 0 Å². The van der Waals surface area contributed by atoms with Crippen LogP contribution in [-0.2, 0) is 29.6 Å². The topological polar surface area (TPSA) is 59.8 Å². The van der Waals surface area contributed by atoms with Crippen molar-refractivity contribution in [1.82, 2.24) is 19.9 Å². The molecule has 0 saturated carbocycles. The lowest BCUT2D eigenvalue weighted by atomic mass is 9.98. The molecule has 0 saturated heterocycles. The summed E-state index contributed by atoms with van der Waals surface area (Å²) in [6, 6.07) is 0.190. The van der Waals surface area contributed by atoms with E-state index in [1.807, 2.05) is 17.8 Å². The molecule has 1 amide bonds. The van der Waals surface area contributed by atoms with Gasteiger partial charge in [0.15, 0.2) is 0 Å². The summed E-state index contributed by atoms with van der Waals surface area (Å²) >= 11 is 1.63. The second-order valence-electron chi connectivity index (χ2n) is 6.87. The summed E-state index contributed by atoms with van der Waals surface area (Å²) in [7, 11) is 0. The quantitative estimate of drug-likeness (QED) is 0.945. The predicted molar refractivity (Wildman–Crippen MR) is 87.0 cm³/mol. The number of nitrogens with zero attached hydrogens (tertiary/aromatic N) is 3. The number of hydrogen-bond donors (Lipinski definition) is 1. The number of carbonyl (C=O) groups is 1. The molecule has 0 aromatic carbocycles. The van der Waals surface area contributed by atoms with Crippen LogP contribution in [0.25, 0.3) is 0 Å². The Morgan fingerprint density at radius 1 is 1.50 bits per heavy atom. The maximum absolute atomic E-state index is 12.2. The van der Waals surface area contributed by atoms with E-state index in [0.717, 1.165) is 35.9 Å². The summed E-state index contributed by atoms with van der Waals surface area (Å²) < 4.78 is 2.12. The smallest absolute Gasteiger partial charge is 0.226 e. The summed E-state index contributed by atoms with van der Waals surface area (Å²) in [4.78, 5) is 21.1. The van der Waals surface area contributed by atoms with E-state index in [4.69, 9.17) is 0 Å². The van der Waals surface area contributed by atoms with Crippen LogP contribution >= 0.6 is 11.3 Å². The average molecular weight is 318 g/mol. The highest BCUT2D eigenvalue weighted by atomic mass is 32.1. The van der Waals surface area contributed by atoms with Crippen LogP contribution in [0.4, 0.5) is 0 Å². The molecule has 1 atom stereocenters. The lowest BCUT2D eigenvalue weighted by molar-refractivity contribution is -0.121. The summed E-state index contributed by atoms with van der Waals surface area (Å²) in [5.41, 5.74) is 0.909. The highest BCUT2D eigenvalue weighted by Crippen LogP contribution is 2.25. The van der Waals surface area contributed by atoms with Crippen LogP contribution in [0.15, 0.2) is 17.8 Å². The monoisotopic (exact) mass is 318 g/mol. The Labute approximate surface area is 134 Å². The maximum atomic E-state index is 12.2. The highest BCUT2D eigenvalue weighted by Gasteiger charge is 2.22. The van der Waals surface area contributed by atoms with Gasteiger partial charge in [-0.15, -0.1) is 11.3 Å². The van der Waals surface area contributed by atoms with Gasteiger partial charge in [0, 0.05) is 42.2 Å². The van der Waals surface area contributed by atoms with E-state index >= 15 is 0 Å². The van der Waals surface area contributed by atoms with Gasteiger partial charge in [-0.3, -0.25) is 4.79 Å². The van der Waals surface area contributed by atoms with Crippen molar-refractivity contribution in [3.05, 3.63) is 34.3 Å². The zero-order valence-corrected chi connectivity index (χ0v) is 14.1. The Kier molecular flexibility index (Phi) is 4.04. The molecular formula is C16H22N4OS. The van der Waals surface area contributed by atoms with Gasteiger partial charge >= 0.3 is 0 Å². The van der Waals surface area contributed by atoms with E-state index in [-0.39, 0.29) is 17.4 Å². The largest absolute Gasteiger partial charge is 0.351 e. The summed E-state index contributed by atoms with van der Waals surface area (Å²) in [5, 5.41) is 6.20. The predicted octanol–water partition coefficient (Wildman–Crippen LogP) is 2.31. The Morgan fingerprint density at radius 2 is 2.32 bits per heavy atom. The fourth-order valence-electron chi connectivity index (χ4n) is 2.66. The third-order valence-electron chi connectivity index (χ3n) is 3.84. The number of aryl methyl sites for hydroxylation is 1. The normalized spacial score (nSPS) is 18.0. The fraction of sp³-hybridized carbons (Fsp3) is 0.562. The lowest BCUT2D eigenvalue weighted by Crippen LogP contribution is -2.41. The first-order chi connectivity index (χ1) is 10.4. The number of aromatic nitrogens is 3. The van der Waals surface area contributed by atoms with Crippen LogP contribution < -0.4 is 5.32 Å². The standard InChI is InChI=1S/C16H22N4OS/c1-16(2,3)15-19-12(10-22-15)8-14(21)18-11-4-5-13-17-6-7-20(13)9-11/h6-7,10-11H,4-5,8-9H2,1-3H3,(H,18,21)/t11-/m1/s1. The van der Waals surface area contributed by atoms with Crippen molar-refractivity contribution in [2.75, 3.05) is 0 Å². The van der Waals surface area contributed by atoms with Gasteiger partial charge in [-0.1, -0.05) is 20.8 Å². The van der Waals surface area contributed by atoms with Gasteiger partial charge in [0.25, 0.3) is 0 Å². The zero-order valence-electron chi connectivity index (χ0n) is 13.3. The van der Waals surface area contributed by atoms with Crippen LogP contribution in [-0.4, -0.2) is 26.5 Å². The van der Waals surface area contributed by atoms with Crippen LogP contribution in [0.5, 0.6) is 0 Å². The van der Waals surface area contributed by atoms with Crippen LogP contribution in [0.3, 0.4) is 0 Å². The third kappa shape index (κ3) is 3.38. The number of nitrogens with one attached hydrogen (secondary N) is 1. The molecule has 1 aliphatic rings. The van der Waals surface area contributed by atoms with Crippen molar-refractivity contribution in [2.24, 2.45) is 0 Å². The van der Waals surface area contributed by atoms with Gasteiger partial charge in [0.2, 0.25) is 5.91 Å². The first kappa shape index (κ1) is 15.2. The Bertz CT molecular complexity index is 668. The zero-order chi connectivity index (χ0) is 15.7. The molecular weight excluding hydrogens is 296 g/mol. The van der Waals surface area contributed by atoms with Crippen molar-refractivity contribution >= 4 is 17.2 Å². The molecule has 22 heavy (non-hydrogen) atoms. The lowest BCUT2D eigenvalue weighted by Gasteiger charge is -2.24. The molecule has 6 heteroatoms. The van der Waals surface area contributed by atoms with Gasteiger partial charge in [-0.25, -0.2) is 9.97 Å². The third-order valence-corrected chi connectivity index (χ3v) is 5.15. The molecule has 2 aromatic heterocycles. The summed E-state index contributed by atoms with van der Waals surface area (Å²) in [6.45, 7) is 7.23. The number of imidazole rings is 1. The number of rotatable bonds is 3. The van der Waals surface area contributed by atoms with Crippen LogP contribution in [0, 0.1) is 0 Å². The molecule has 118 valence electrons. The van der Waals surface area contributed by atoms with Crippen molar-refractivity contribution < 1.29 is 4.79 Å². The SMILES string of the molecule is CC(C)(C)c1nc(CC(=O)N[C@@H]2CCc3nccn3C2)cs1. The van der Waals surface area contributed by atoms with E-state index in [1.165, 1.54) is 0 Å². The molecule has 0 bridgehead atoms. The van der Waals surface area contributed by atoms with Gasteiger partial charge in [-0.2, -0.15) is 0 Å². The summed E-state index contributed by atoms with van der Waals surface area (Å²) in [6.07, 6.45) is 6.03. The molecule has 0 spiro atoms. The molecule has 3 heterocycles. The van der Waals surface area contributed by atoms with Gasteiger partial charge in [0.1, 0.15) is 5.82 Å². The van der Waals surface area contributed by atoms with Crippen molar-refractivity contribution in [3.63, 3.8) is 0 Å². The van der Waals surface area contributed by atoms with Crippen molar-refractivity contribution in [2.45, 2.75) is 58.0 Å².